The summed E-state index contributed by atoms with van der Waals surface area (Å²) in [6.07, 6.45) is 4.13. The van der Waals surface area contributed by atoms with Gasteiger partial charge >= 0.3 is 0 Å². The molecule has 0 rings (SSSR count). The Morgan fingerprint density at radius 3 is 2.09 bits per heavy atom. The lowest BCUT2D eigenvalue weighted by Gasteiger charge is -2.02. The SMILES string of the molecule is NCCC=C(CCO)CCO. The third-order valence-corrected chi connectivity index (χ3v) is 1.47. The smallest absolute Gasteiger partial charge is 0.0468 e. The van der Waals surface area contributed by atoms with Crippen molar-refractivity contribution in [2.75, 3.05) is 19.8 Å². The van der Waals surface area contributed by atoms with Crippen molar-refractivity contribution in [1.29, 1.82) is 0 Å². The summed E-state index contributed by atoms with van der Waals surface area (Å²) in [5.74, 6) is 0. The lowest BCUT2D eigenvalue weighted by atomic mass is 10.1. The van der Waals surface area contributed by atoms with E-state index in [0.29, 0.717) is 19.4 Å². The van der Waals surface area contributed by atoms with E-state index in [1.165, 1.54) is 0 Å². The van der Waals surface area contributed by atoms with Crippen LogP contribution in [0.5, 0.6) is 0 Å². The van der Waals surface area contributed by atoms with Crippen molar-refractivity contribution in [2.45, 2.75) is 19.3 Å². The molecule has 0 heterocycles. The van der Waals surface area contributed by atoms with Crippen molar-refractivity contribution in [1.82, 2.24) is 0 Å². The van der Waals surface area contributed by atoms with Crippen molar-refractivity contribution < 1.29 is 10.2 Å². The first-order chi connectivity index (χ1) is 5.35. The van der Waals surface area contributed by atoms with Gasteiger partial charge in [0.2, 0.25) is 0 Å². The molecular formula is C8H17NO2. The number of aliphatic hydroxyl groups is 2. The van der Waals surface area contributed by atoms with Crippen molar-refractivity contribution >= 4 is 0 Å². The van der Waals surface area contributed by atoms with Gasteiger partial charge in [-0.25, -0.2) is 0 Å². The van der Waals surface area contributed by atoms with Crippen LogP contribution in [0.2, 0.25) is 0 Å². The monoisotopic (exact) mass is 159 g/mol. The molecule has 0 atom stereocenters. The molecule has 66 valence electrons. The molecule has 0 aromatic rings. The summed E-state index contributed by atoms with van der Waals surface area (Å²) in [6, 6.07) is 0. The van der Waals surface area contributed by atoms with E-state index in [9.17, 15) is 0 Å². The van der Waals surface area contributed by atoms with Crippen molar-refractivity contribution in [2.24, 2.45) is 5.73 Å². The third-order valence-electron chi connectivity index (χ3n) is 1.47. The summed E-state index contributed by atoms with van der Waals surface area (Å²) in [7, 11) is 0. The Labute approximate surface area is 67.5 Å². The normalized spacial score (nSPS) is 9.73. The number of rotatable bonds is 6. The van der Waals surface area contributed by atoms with E-state index >= 15 is 0 Å². The van der Waals surface area contributed by atoms with E-state index in [2.05, 4.69) is 0 Å². The molecule has 0 radical (unpaired) electrons. The molecular weight excluding hydrogens is 142 g/mol. The van der Waals surface area contributed by atoms with E-state index in [1.54, 1.807) is 0 Å². The minimum absolute atomic E-state index is 0.149. The van der Waals surface area contributed by atoms with Gasteiger partial charge < -0.3 is 15.9 Å². The van der Waals surface area contributed by atoms with Crippen LogP contribution >= 0.6 is 0 Å². The van der Waals surface area contributed by atoms with E-state index in [4.69, 9.17) is 15.9 Å². The molecule has 0 fully saturated rings. The first-order valence-corrected chi connectivity index (χ1v) is 3.94. The Morgan fingerprint density at radius 2 is 1.73 bits per heavy atom. The highest BCUT2D eigenvalue weighted by molar-refractivity contribution is 5.01. The highest BCUT2D eigenvalue weighted by atomic mass is 16.3. The second kappa shape index (κ2) is 7.72. The number of nitrogens with two attached hydrogens (primary N) is 1. The van der Waals surface area contributed by atoms with Crippen LogP contribution < -0.4 is 5.73 Å². The van der Waals surface area contributed by atoms with Gasteiger partial charge in [0.1, 0.15) is 0 Å². The molecule has 11 heavy (non-hydrogen) atoms. The zero-order valence-electron chi connectivity index (χ0n) is 6.79. The van der Waals surface area contributed by atoms with Gasteiger partial charge in [-0.2, -0.15) is 0 Å². The quantitative estimate of drug-likeness (QED) is 0.479. The third kappa shape index (κ3) is 6.04. The number of hydrogen-bond donors (Lipinski definition) is 3. The van der Waals surface area contributed by atoms with E-state index in [-0.39, 0.29) is 13.2 Å². The zero-order valence-corrected chi connectivity index (χ0v) is 6.79. The molecule has 0 amide bonds. The van der Waals surface area contributed by atoms with Gasteiger partial charge in [0.25, 0.3) is 0 Å². The van der Waals surface area contributed by atoms with Crippen LogP contribution in [0.25, 0.3) is 0 Å². The summed E-state index contributed by atoms with van der Waals surface area (Å²) in [5, 5.41) is 17.2. The zero-order chi connectivity index (χ0) is 8.53. The van der Waals surface area contributed by atoms with Crippen LogP contribution in [0.1, 0.15) is 19.3 Å². The molecule has 0 saturated heterocycles. The molecule has 0 aliphatic rings. The standard InChI is InChI=1S/C8H17NO2/c9-5-1-2-8(3-6-10)4-7-11/h2,10-11H,1,3-7,9H2. The molecule has 0 spiro atoms. The van der Waals surface area contributed by atoms with Gasteiger partial charge in [0.15, 0.2) is 0 Å². The summed E-state index contributed by atoms with van der Waals surface area (Å²) in [4.78, 5) is 0. The predicted octanol–water partition coefficient (Wildman–Crippen LogP) is 0.0264. The Balaban J connectivity index is 3.66. The second-order valence-electron chi connectivity index (χ2n) is 2.39. The van der Waals surface area contributed by atoms with Crippen LogP contribution in [-0.2, 0) is 0 Å². The summed E-state index contributed by atoms with van der Waals surface area (Å²) in [5.41, 5.74) is 6.40. The summed E-state index contributed by atoms with van der Waals surface area (Å²) in [6.45, 7) is 0.924. The van der Waals surface area contributed by atoms with Crippen molar-refractivity contribution in [3.8, 4) is 0 Å². The van der Waals surface area contributed by atoms with Crippen molar-refractivity contribution in [3.63, 3.8) is 0 Å². The maximum Gasteiger partial charge on any atom is 0.0468 e. The minimum Gasteiger partial charge on any atom is -0.396 e. The van der Waals surface area contributed by atoms with E-state index in [0.717, 1.165) is 12.0 Å². The minimum atomic E-state index is 0.149. The number of aliphatic hydroxyl groups excluding tert-OH is 2. The van der Waals surface area contributed by atoms with Gasteiger partial charge in [-0.15, -0.1) is 0 Å². The Bertz CT molecular complexity index is 105. The Kier molecular flexibility index (Phi) is 7.46. The van der Waals surface area contributed by atoms with Gasteiger partial charge in [-0.1, -0.05) is 11.6 Å². The predicted molar refractivity (Wildman–Crippen MR) is 45.2 cm³/mol. The van der Waals surface area contributed by atoms with Crippen molar-refractivity contribution in [3.05, 3.63) is 11.6 Å². The van der Waals surface area contributed by atoms with Crippen LogP contribution in [0.3, 0.4) is 0 Å². The fourth-order valence-electron chi connectivity index (χ4n) is 0.904. The molecule has 0 aromatic heterocycles. The molecule has 0 bridgehead atoms. The molecule has 3 nitrogen and oxygen atoms in total. The number of hydrogen-bond acceptors (Lipinski definition) is 3. The molecule has 0 saturated carbocycles. The van der Waals surface area contributed by atoms with Crippen LogP contribution in [-0.4, -0.2) is 30.0 Å². The first-order valence-electron chi connectivity index (χ1n) is 3.94. The molecule has 0 unspecified atom stereocenters. The lowest BCUT2D eigenvalue weighted by molar-refractivity contribution is 0.280. The van der Waals surface area contributed by atoms with Gasteiger partial charge in [0.05, 0.1) is 0 Å². The summed E-state index contributed by atoms with van der Waals surface area (Å²) >= 11 is 0. The average Bonchev–Trinajstić information content (AvgIpc) is 2.01. The second-order valence-corrected chi connectivity index (χ2v) is 2.39. The maximum absolute atomic E-state index is 8.61. The molecule has 0 aliphatic heterocycles. The van der Waals surface area contributed by atoms with Crippen LogP contribution in [0.4, 0.5) is 0 Å². The lowest BCUT2D eigenvalue weighted by Crippen LogP contribution is -1.98. The van der Waals surface area contributed by atoms with Crippen LogP contribution in [0, 0.1) is 0 Å². The van der Waals surface area contributed by atoms with Gasteiger partial charge in [0, 0.05) is 13.2 Å². The summed E-state index contributed by atoms with van der Waals surface area (Å²) < 4.78 is 0. The molecule has 3 heteroatoms. The molecule has 4 N–H and O–H groups in total. The molecule has 0 aliphatic carbocycles. The van der Waals surface area contributed by atoms with Crippen LogP contribution in [0.15, 0.2) is 11.6 Å². The topological polar surface area (TPSA) is 66.5 Å². The average molecular weight is 159 g/mol. The van der Waals surface area contributed by atoms with Gasteiger partial charge in [-0.05, 0) is 25.8 Å². The molecule has 0 aromatic carbocycles. The largest absolute Gasteiger partial charge is 0.396 e. The maximum atomic E-state index is 8.61. The Hall–Kier alpha value is -0.380. The van der Waals surface area contributed by atoms with Gasteiger partial charge in [-0.3, -0.25) is 0 Å². The fourth-order valence-corrected chi connectivity index (χ4v) is 0.904. The fraction of sp³-hybridized carbons (Fsp3) is 0.750. The first kappa shape index (κ1) is 10.6. The Morgan fingerprint density at radius 1 is 1.18 bits per heavy atom. The van der Waals surface area contributed by atoms with E-state index < -0.39 is 0 Å². The highest BCUT2D eigenvalue weighted by Crippen LogP contribution is 2.06. The van der Waals surface area contributed by atoms with E-state index in [1.807, 2.05) is 6.08 Å². The highest BCUT2D eigenvalue weighted by Gasteiger charge is 1.94.